The van der Waals surface area contributed by atoms with Crippen molar-refractivity contribution in [2.24, 2.45) is 0 Å². The number of hydrogen-bond donors (Lipinski definition) is 2. The Labute approximate surface area is 113 Å². The summed E-state index contributed by atoms with van der Waals surface area (Å²) in [5, 5.41) is 5.98. The minimum absolute atomic E-state index is 0.0492. The molecule has 1 aliphatic heterocycles. The number of nitrogens with one attached hydrogen (secondary N) is 2. The Kier molecular flexibility index (Phi) is 5.65. The monoisotopic (exact) mass is 264 g/mol. The molecule has 0 bridgehead atoms. The van der Waals surface area contributed by atoms with E-state index in [1.54, 1.807) is 0 Å². The summed E-state index contributed by atoms with van der Waals surface area (Å²) in [5.41, 5.74) is 0. The highest BCUT2D eigenvalue weighted by Gasteiger charge is 2.20. The average molecular weight is 264 g/mol. The molecule has 2 rings (SSSR count). The van der Waals surface area contributed by atoms with Crippen molar-refractivity contribution in [2.75, 3.05) is 32.8 Å². The lowest BCUT2D eigenvalue weighted by molar-refractivity contribution is -0.134. The Morgan fingerprint density at radius 2 is 2.26 bits per heavy atom. The number of para-hydroxylation sites is 1. The zero-order valence-corrected chi connectivity index (χ0v) is 10.9. The van der Waals surface area contributed by atoms with Crippen LogP contribution < -0.4 is 15.4 Å². The van der Waals surface area contributed by atoms with Crippen LogP contribution in [0, 0.1) is 0 Å². The van der Waals surface area contributed by atoms with E-state index in [0.29, 0.717) is 26.3 Å². The Morgan fingerprint density at radius 1 is 1.42 bits per heavy atom. The first-order valence-electron chi connectivity index (χ1n) is 6.64. The number of carbonyl (C=O) groups excluding carboxylic acids is 1. The second kappa shape index (κ2) is 7.76. The summed E-state index contributed by atoms with van der Waals surface area (Å²) in [6.07, 6.45) is 0.421. The zero-order chi connectivity index (χ0) is 13.3. The fourth-order valence-electron chi connectivity index (χ4n) is 1.84. The molecule has 1 atom stereocenters. The Bertz CT molecular complexity index is 378. The van der Waals surface area contributed by atoms with Crippen LogP contribution >= 0.6 is 0 Å². The smallest absolute Gasteiger partial charge is 0.250 e. The largest absolute Gasteiger partial charge is 0.494 e. The number of benzene rings is 1. The molecule has 1 amide bonds. The van der Waals surface area contributed by atoms with Crippen LogP contribution in [0.3, 0.4) is 0 Å². The molecular formula is C14H20N2O3. The van der Waals surface area contributed by atoms with E-state index in [2.05, 4.69) is 10.6 Å². The van der Waals surface area contributed by atoms with E-state index in [0.717, 1.165) is 18.7 Å². The molecule has 1 aromatic rings. The number of morpholine rings is 1. The molecule has 0 saturated carbocycles. The lowest BCUT2D eigenvalue weighted by Crippen LogP contribution is -2.48. The third kappa shape index (κ3) is 4.89. The molecule has 0 aliphatic carbocycles. The number of hydrogen-bond acceptors (Lipinski definition) is 4. The summed E-state index contributed by atoms with van der Waals surface area (Å²) in [6.45, 7) is 3.19. The molecule has 0 radical (unpaired) electrons. The van der Waals surface area contributed by atoms with Gasteiger partial charge in [-0.15, -0.1) is 0 Å². The van der Waals surface area contributed by atoms with Gasteiger partial charge in [-0.2, -0.15) is 0 Å². The molecule has 1 aromatic carbocycles. The van der Waals surface area contributed by atoms with Gasteiger partial charge in [-0.25, -0.2) is 0 Å². The summed E-state index contributed by atoms with van der Waals surface area (Å²) < 4.78 is 10.9. The van der Waals surface area contributed by atoms with E-state index >= 15 is 0 Å². The zero-order valence-electron chi connectivity index (χ0n) is 10.9. The van der Waals surface area contributed by atoms with Crippen LogP contribution in [0.1, 0.15) is 6.42 Å². The summed E-state index contributed by atoms with van der Waals surface area (Å²) >= 11 is 0. The van der Waals surface area contributed by atoms with Gasteiger partial charge in [-0.1, -0.05) is 18.2 Å². The summed E-state index contributed by atoms with van der Waals surface area (Å²) in [6, 6.07) is 9.65. The second-order valence-corrected chi connectivity index (χ2v) is 4.37. The van der Waals surface area contributed by atoms with Crippen LogP contribution in [-0.2, 0) is 9.53 Å². The SMILES string of the molecule is O=C(NCCCOc1ccccc1)C1CNCCO1. The highest BCUT2D eigenvalue weighted by atomic mass is 16.5. The van der Waals surface area contributed by atoms with E-state index in [1.807, 2.05) is 30.3 Å². The fraction of sp³-hybridized carbons (Fsp3) is 0.500. The standard InChI is InChI=1S/C14H20N2O3/c17-14(13-11-15-8-10-19-13)16-7-4-9-18-12-5-2-1-3-6-12/h1-3,5-6,13,15H,4,7-11H2,(H,16,17). The molecule has 1 saturated heterocycles. The van der Waals surface area contributed by atoms with Gasteiger partial charge in [0.05, 0.1) is 13.2 Å². The highest BCUT2D eigenvalue weighted by molar-refractivity contribution is 5.81. The van der Waals surface area contributed by atoms with Gasteiger partial charge in [0.2, 0.25) is 5.91 Å². The fourth-order valence-corrected chi connectivity index (χ4v) is 1.84. The first-order chi connectivity index (χ1) is 9.36. The second-order valence-electron chi connectivity index (χ2n) is 4.37. The third-order valence-corrected chi connectivity index (χ3v) is 2.85. The first-order valence-corrected chi connectivity index (χ1v) is 6.64. The molecule has 19 heavy (non-hydrogen) atoms. The molecule has 1 aliphatic rings. The Morgan fingerprint density at radius 3 is 3.00 bits per heavy atom. The first kappa shape index (κ1) is 13.8. The van der Waals surface area contributed by atoms with Gasteiger partial charge in [0, 0.05) is 19.6 Å². The molecule has 0 spiro atoms. The van der Waals surface area contributed by atoms with Crippen LogP contribution in [0.4, 0.5) is 0 Å². The molecule has 1 heterocycles. The summed E-state index contributed by atoms with van der Waals surface area (Å²) in [5.74, 6) is 0.806. The molecule has 2 N–H and O–H groups in total. The molecular weight excluding hydrogens is 244 g/mol. The summed E-state index contributed by atoms with van der Waals surface area (Å²) in [7, 11) is 0. The minimum Gasteiger partial charge on any atom is -0.494 e. The van der Waals surface area contributed by atoms with E-state index in [4.69, 9.17) is 9.47 Å². The Hall–Kier alpha value is -1.59. The number of ether oxygens (including phenoxy) is 2. The number of amides is 1. The van der Waals surface area contributed by atoms with Crippen LogP contribution in [0.5, 0.6) is 5.75 Å². The highest BCUT2D eigenvalue weighted by Crippen LogP contribution is 2.08. The predicted octanol–water partition coefficient (Wildman–Crippen LogP) is 0.560. The Balaban J connectivity index is 1.55. The van der Waals surface area contributed by atoms with Crippen LogP contribution in [0.2, 0.25) is 0 Å². The lowest BCUT2D eigenvalue weighted by atomic mass is 10.3. The van der Waals surface area contributed by atoms with Crippen LogP contribution in [0.25, 0.3) is 0 Å². The maximum absolute atomic E-state index is 11.7. The van der Waals surface area contributed by atoms with Gasteiger partial charge >= 0.3 is 0 Å². The van der Waals surface area contributed by atoms with Crippen molar-refractivity contribution < 1.29 is 14.3 Å². The van der Waals surface area contributed by atoms with E-state index in [1.165, 1.54) is 0 Å². The van der Waals surface area contributed by atoms with E-state index in [-0.39, 0.29) is 12.0 Å². The quantitative estimate of drug-likeness (QED) is 0.737. The topological polar surface area (TPSA) is 59.6 Å². The molecule has 1 unspecified atom stereocenters. The van der Waals surface area contributed by atoms with E-state index < -0.39 is 0 Å². The lowest BCUT2D eigenvalue weighted by Gasteiger charge is -2.22. The van der Waals surface area contributed by atoms with Crippen molar-refractivity contribution in [1.29, 1.82) is 0 Å². The predicted molar refractivity (Wildman–Crippen MR) is 72.2 cm³/mol. The normalized spacial score (nSPS) is 18.8. The molecule has 0 aromatic heterocycles. The number of rotatable bonds is 6. The number of carbonyl (C=O) groups is 1. The third-order valence-electron chi connectivity index (χ3n) is 2.85. The van der Waals surface area contributed by atoms with Crippen LogP contribution in [-0.4, -0.2) is 44.9 Å². The van der Waals surface area contributed by atoms with Gasteiger partial charge in [-0.05, 0) is 18.6 Å². The van der Waals surface area contributed by atoms with Crippen molar-refractivity contribution in [3.63, 3.8) is 0 Å². The molecule has 5 heteroatoms. The summed E-state index contributed by atoms with van der Waals surface area (Å²) in [4.78, 5) is 11.7. The van der Waals surface area contributed by atoms with E-state index in [9.17, 15) is 4.79 Å². The van der Waals surface area contributed by atoms with Crippen molar-refractivity contribution in [1.82, 2.24) is 10.6 Å². The van der Waals surface area contributed by atoms with Crippen molar-refractivity contribution >= 4 is 5.91 Å². The van der Waals surface area contributed by atoms with Gasteiger partial charge < -0.3 is 20.1 Å². The maximum atomic E-state index is 11.7. The minimum atomic E-state index is -0.358. The van der Waals surface area contributed by atoms with Crippen LogP contribution in [0.15, 0.2) is 30.3 Å². The molecule has 5 nitrogen and oxygen atoms in total. The molecule has 1 fully saturated rings. The van der Waals surface area contributed by atoms with Gasteiger partial charge in [0.25, 0.3) is 0 Å². The van der Waals surface area contributed by atoms with Gasteiger partial charge in [-0.3, -0.25) is 4.79 Å². The maximum Gasteiger partial charge on any atom is 0.250 e. The van der Waals surface area contributed by atoms with Crippen molar-refractivity contribution in [3.05, 3.63) is 30.3 Å². The molecule has 104 valence electrons. The van der Waals surface area contributed by atoms with Gasteiger partial charge in [0.15, 0.2) is 0 Å². The average Bonchev–Trinajstić information content (AvgIpc) is 2.49. The van der Waals surface area contributed by atoms with Crippen molar-refractivity contribution in [2.45, 2.75) is 12.5 Å². The van der Waals surface area contributed by atoms with Gasteiger partial charge in [0.1, 0.15) is 11.9 Å². The van der Waals surface area contributed by atoms with Crippen molar-refractivity contribution in [3.8, 4) is 5.75 Å².